The maximum absolute atomic E-state index is 11.7. The molecule has 2 rings (SSSR count). The summed E-state index contributed by atoms with van der Waals surface area (Å²) in [6.45, 7) is 12.8. The van der Waals surface area contributed by atoms with Crippen LogP contribution in [0, 0.1) is 0 Å². The molecular formula is C19H24N2O. The van der Waals surface area contributed by atoms with Crippen LogP contribution in [-0.2, 0) is 10.8 Å². The van der Waals surface area contributed by atoms with E-state index < -0.39 is 0 Å². The van der Waals surface area contributed by atoms with Crippen LogP contribution in [0.1, 0.15) is 63.0 Å². The van der Waals surface area contributed by atoms with E-state index in [0.717, 1.165) is 17.5 Å². The van der Waals surface area contributed by atoms with Crippen molar-refractivity contribution in [2.24, 2.45) is 0 Å². The number of aldehydes is 1. The number of hydrogen-bond acceptors (Lipinski definition) is 3. The third-order valence-electron chi connectivity index (χ3n) is 3.78. The minimum Gasteiger partial charge on any atom is -0.298 e. The highest BCUT2D eigenvalue weighted by Crippen LogP contribution is 2.31. The summed E-state index contributed by atoms with van der Waals surface area (Å²) in [5.74, 6) is 0. The van der Waals surface area contributed by atoms with Crippen LogP contribution >= 0.6 is 0 Å². The molecule has 2 aromatic heterocycles. The van der Waals surface area contributed by atoms with E-state index in [1.165, 1.54) is 5.56 Å². The van der Waals surface area contributed by atoms with Crippen LogP contribution in [0.25, 0.3) is 11.4 Å². The first kappa shape index (κ1) is 16.3. The zero-order valence-corrected chi connectivity index (χ0v) is 14.3. The molecule has 0 amide bonds. The molecule has 3 heteroatoms. The number of rotatable bonds is 2. The van der Waals surface area contributed by atoms with Gasteiger partial charge in [0.1, 0.15) is 0 Å². The molecule has 0 saturated heterocycles. The second-order valence-electron chi connectivity index (χ2n) is 7.67. The lowest BCUT2D eigenvalue weighted by Crippen LogP contribution is -2.16. The van der Waals surface area contributed by atoms with E-state index in [2.05, 4.69) is 51.5 Å². The third kappa shape index (κ3) is 3.24. The van der Waals surface area contributed by atoms with E-state index in [0.29, 0.717) is 11.3 Å². The summed E-state index contributed by atoms with van der Waals surface area (Å²) in [6, 6.07) is 5.96. The Labute approximate surface area is 132 Å². The standard InChI is InChI=1S/C19H24N2O/c1-18(2,3)13-7-9-20-16(11-13)17-14(12-22)15(8-10-21-17)19(4,5)6/h7-12H,1-6H3. The molecular weight excluding hydrogens is 272 g/mol. The molecule has 0 N–H and O–H groups in total. The van der Waals surface area contributed by atoms with Crippen molar-refractivity contribution < 1.29 is 4.79 Å². The molecule has 0 aliphatic rings. The van der Waals surface area contributed by atoms with Crippen LogP contribution in [0.2, 0.25) is 0 Å². The number of nitrogens with zero attached hydrogens (tertiary/aromatic N) is 2. The van der Waals surface area contributed by atoms with Crippen molar-refractivity contribution in [3.05, 3.63) is 47.3 Å². The monoisotopic (exact) mass is 296 g/mol. The van der Waals surface area contributed by atoms with Gasteiger partial charge in [-0.3, -0.25) is 14.8 Å². The third-order valence-corrected chi connectivity index (χ3v) is 3.78. The van der Waals surface area contributed by atoms with Gasteiger partial charge >= 0.3 is 0 Å². The van der Waals surface area contributed by atoms with Gasteiger partial charge in [0.25, 0.3) is 0 Å². The quantitative estimate of drug-likeness (QED) is 0.763. The van der Waals surface area contributed by atoms with Gasteiger partial charge in [-0.05, 0) is 40.2 Å². The van der Waals surface area contributed by atoms with Gasteiger partial charge in [-0.2, -0.15) is 0 Å². The highest BCUT2D eigenvalue weighted by Gasteiger charge is 2.22. The van der Waals surface area contributed by atoms with Crippen molar-refractivity contribution >= 4 is 6.29 Å². The molecule has 0 fully saturated rings. The smallest absolute Gasteiger partial charge is 0.152 e. The Balaban J connectivity index is 2.66. The van der Waals surface area contributed by atoms with Crippen molar-refractivity contribution in [3.8, 4) is 11.4 Å². The first-order valence-electron chi connectivity index (χ1n) is 7.56. The van der Waals surface area contributed by atoms with Gasteiger partial charge in [0.15, 0.2) is 6.29 Å². The lowest BCUT2D eigenvalue weighted by atomic mass is 9.83. The van der Waals surface area contributed by atoms with Crippen LogP contribution in [-0.4, -0.2) is 16.3 Å². The van der Waals surface area contributed by atoms with E-state index in [9.17, 15) is 4.79 Å². The first-order chi connectivity index (χ1) is 10.1. The molecule has 0 aliphatic heterocycles. The van der Waals surface area contributed by atoms with Gasteiger partial charge in [0.2, 0.25) is 0 Å². The van der Waals surface area contributed by atoms with Gasteiger partial charge in [0, 0.05) is 18.0 Å². The average Bonchev–Trinajstić information content (AvgIpc) is 2.44. The van der Waals surface area contributed by atoms with Crippen molar-refractivity contribution in [2.45, 2.75) is 52.4 Å². The average molecular weight is 296 g/mol. The number of carbonyl (C=O) groups is 1. The number of hydrogen-bond donors (Lipinski definition) is 0. The van der Waals surface area contributed by atoms with Crippen molar-refractivity contribution in [2.75, 3.05) is 0 Å². The normalized spacial score (nSPS) is 12.3. The van der Waals surface area contributed by atoms with Gasteiger partial charge in [0.05, 0.1) is 11.4 Å². The van der Waals surface area contributed by atoms with Gasteiger partial charge in [-0.15, -0.1) is 0 Å². The highest BCUT2D eigenvalue weighted by molar-refractivity contribution is 5.87. The minimum atomic E-state index is -0.116. The van der Waals surface area contributed by atoms with E-state index in [4.69, 9.17) is 0 Å². The van der Waals surface area contributed by atoms with Crippen LogP contribution in [0.3, 0.4) is 0 Å². The van der Waals surface area contributed by atoms with Gasteiger partial charge in [-0.1, -0.05) is 41.5 Å². The molecule has 0 aliphatic carbocycles. The summed E-state index contributed by atoms with van der Waals surface area (Å²) in [4.78, 5) is 20.5. The Morgan fingerprint density at radius 3 is 2.09 bits per heavy atom. The summed E-state index contributed by atoms with van der Waals surface area (Å²) in [5, 5.41) is 0. The Morgan fingerprint density at radius 1 is 0.909 bits per heavy atom. The maximum atomic E-state index is 11.7. The molecule has 0 radical (unpaired) electrons. The predicted molar refractivity (Wildman–Crippen MR) is 90.3 cm³/mol. The zero-order chi connectivity index (χ0) is 16.5. The fraction of sp³-hybridized carbons (Fsp3) is 0.421. The Hall–Kier alpha value is -2.03. The van der Waals surface area contributed by atoms with E-state index in [-0.39, 0.29) is 10.8 Å². The highest BCUT2D eigenvalue weighted by atomic mass is 16.1. The number of carbonyl (C=O) groups excluding carboxylic acids is 1. The SMILES string of the molecule is CC(C)(C)c1ccnc(-c2nccc(C(C)(C)C)c2C=O)c1. The molecule has 2 aromatic rings. The van der Waals surface area contributed by atoms with E-state index in [1.807, 2.05) is 18.2 Å². The van der Waals surface area contributed by atoms with Crippen LogP contribution in [0.15, 0.2) is 30.6 Å². The largest absolute Gasteiger partial charge is 0.298 e. The predicted octanol–water partition coefficient (Wildman–Crippen LogP) is 4.55. The van der Waals surface area contributed by atoms with Crippen molar-refractivity contribution in [1.29, 1.82) is 0 Å². The molecule has 0 spiro atoms. The lowest BCUT2D eigenvalue weighted by molar-refractivity contribution is 0.112. The molecule has 0 saturated carbocycles. The summed E-state index contributed by atoms with van der Waals surface area (Å²) >= 11 is 0. The molecule has 2 heterocycles. The van der Waals surface area contributed by atoms with E-state index >= 15 is 0 Å². The Bertz CT molecular complexity index is 691. The second-order valence-corrected chi connectivity index (χ2v) is 7.67. The summed E-state index contributed by atoms with van der Waals surface area (Å²) in [6.07, 6.45) is 4.44. The lowest BCUT2D eigenvalue weighted by Gasteiger charge is -2.23. The molecule has 116 valence electrons. The van der Waals surface area contributed by atoms with Gasteiger partial charge < -0.3 is 0 Å². The maximum Gasteiger partial charge on any atom is 0.152 e. The molecule has 3 nitrogen and oxygen atoms in total. The van der Waals surface area contributed by atoms with Gasteiger partial charge in [-0.25, -0.2) is 0 Å². The summed E-state index contributed by atoms with van der Waals surface area (Å²) in [5.41, 5.74) is 4.13. The number of aromatic nitrogens is 2. The Kier molecular flexibility index (Phi) is 4.19. The molecule has 0 unspecified atom stereocenters. The zero-order valence-electron chi connectivity index (χ0n) is 14.3. The topological polar surface area (TPSA) is 42.9 Å². The fourth-order valence-electron chi connectivity index (χ4n) is 2.48. The van der Waals surface area contributed by atoms with Crippen LogP contribution < -0.4 is 0 Å². The first-order valence-corrected chi connectivity index (χ1v) is 7.56. The molecule has 0 bridgehead atoms. The number of pyridine rings is 2. The molecule has 0 atom stereocenters. The minimum absolute atomic E-state index is 0.0284. The van der Waals surface area contributed by atoms with Crippen LogP contribution in [0.5, 0.6) is 0 Å². The summed E-state index contributed by atoms with van der Waals surface area (Å²) < 4.78 is 0. The molecule has 0 aromatic carbocycles. The van der Waals surface area contributed by atoms with Crippen molar-refractivity contribution in [1.82, 2.24) is 9.97 Å². The fourth-order valence-corrected chi connectivity index (χ4v) is 2.48. The van der Waals surface area contributed by atoms with E-state index in [1.54, 1.807) is 12.4 Å². The van der Waals surface area contributed by atoms with Crippen LogP contribution in [0.4, 0.5) is 0 Å². The second kappa shape index (κ2) is 5.64. The molecule has 22 heavy (non-hydrogen) atoms. The summed E-state index contributed by atoms with van der Waals surface area (Å²) in [7, 11) is 0. The van der Waals surface area contributed by atoms with Crippen molar-refractivity contribution in [3.63, 3.8) is 0 Å². The Morgan fingerprint density at radius 2 is 1.55 bits per heavy atom.